The number of ether oxygens (including phenoxy) is 1. The lowest BCUT2D eigenvalue weighted by Crippen LogP contribution is -2.43. The molecule has 0 fully saturated rings. The van der Waals surface area contributed by atoms with Gasteiger partial charge in [0.25, 0.3) is 0 Å². The van der Waals surface area contributed by atoms with E-state index < -0.39 is 17.6 Å². The highest BCUT2D eigenvalue weighted by Gasteiger charge is 2.31. The molecule has 34 heavy (non-hydrogen) atoms. The quantitative estimate of drug-likeness (QED) is 0.360. The molecule has 178 valence electrons. The Morgan fingerprint density at radius 2 is 1.68 bits per heavy atom. The van der Waals surface area contributed by atoms with Crippen LogP contribution in [0, 0.1) is 17.0 Å². The van der Waals surface area contributed by atoms with Gasteiger partial charge in [0.2, 0.25) is 0 Å². The van der Waals surface area contributed by atoms with Crippen LogP contribution in [0.4, 0.5) is 37.2 Å². The van der Waals surface area contributed by atoms with Gasteiger partial charge in [0.15, 0.2) is 11.6 Å². The van der Waals surface area contributed by atoms with Gasteiger partial charge in [-0.25, -0.2) is 13.6 Å². The molecule has 0 amide bonds. The van der Waals surface area contributed by atoms with Crippen LogP contribution in [0.25, 0.3) is 0 Å². The number of fused-ring (bicyclic) bond motifs is 1. The summed E-state index contributed by atoms with van der Waals surface area (Å²) in [7, 11) is 3.25. The molecule has 0 saturated heterocycles. The van der Waals surface area contributed by atoms with Crippen molar-refractivity contribution in [2.24, 2.45) is 0 Å². The van der Waals surface area contributed by atoms with Crippen molar-refractivity contribution in [2.45, 2.75) is 13.0 Å². The normalized spacial score (nSPS) is 14.7. The minimum atomic E-state index is -1.01. The fourth-order valence-corrected chi connectivity index (χ4v) is 3.88. The minimum absolute atomic E-state index is 0.154. The zero-order valence-corrected chi connectivity index (χ0v) is 19.0. The van der Waals surface area contributed by atoms with E-state index in [1.54, 1.807) is 38.5 Å². The van der Waals surface area contributed by atoms with E-state index in [0.29, 0.717) is 34.9 Å². The zero-order chi connectivity index (χ0) is 25.0. The summed E-state index contributed by atoms with van der Waals surface area (Å²) in [5.41, 5.74) is 9.87. The number of nitrogens with zero attached hydrogens (tertiary/aromatic N) is 2. The fourth-order valence-electron chi connectivity index (χ4n) is 3.88. The van der Waals surface area contributed by atoms with Crippen LogP contribution >= 0.6 is 0 Å². The van der Waals surface area contributed by atoms with Crippen LogP contribution in [0.2, 0.25) is 0 Å². The third-order valence-corrected chi connectivity index (χ3v) is 5.38. The number of anilines is 5. The molecule has 0 bridgehead atoms. The Balaban J connectivity index is 0.00000103. The predicted octanol–water partition coefficient (Wildman–Crippen LogP) is 5.18. The first kappa shape index (κ1) is 24.7. The van der Waals surface area contributed by atoms with Gasteiger partial charge in [-0.3, -0.25) is 0 Å². The number of carboxylic acid groups (broad SMARTS) is 1. The zero-order valence-electron chi connectivity index (χ0n) is 19.0. The highest BCUT2D eigenvalue weighted by atomic mass is 19.2. The Labute approximate surface area is 196 Å². The van der Waals surface area contributed by atoms with E-state index in [1.165, 1.54) is 18.2 Å². The van der Waals surface area contributed by atoms with E-state index in [4.69, 9.17) is 16.2 Å². The van der Waals surface area contributed by atoms with Gasteiger partial charge >= 0.3 is 5.97 Å². The number of benzene rings is 3. The molecule has 1 unspecified atom stereocenters. The van der Waals surface area contributed by atoms with Crippen LogP contribution in [-0.4, -0.2) is 44.1 Å². The first-order valence-corrected chi connectivity index (χ1v) is 10.4. The number of hydrogen-bond donors (Lipinski definition) is 3. The number of aromatic carboxylic acids is 1. The Morgan fingerprint density at radius 1 is 1.06 bits per heavy atom. The Bertz CT molecular complexity index is 1200. The molecule has 1 heterocycles. The van der Waals surface area contributed by atoms with E-state index >= 15 is 0 Å². The van der Waals surface area contributed by atoms with Gasteiger partial charge in [-0.1, -0.05) is 0 Å². The molecule has 9 heteroatoms. The molecule has 4 rings (SSSR count). The number of nitrogen functional groups attached to an aromatic ring is 1. The van der Waals surface area contributed by atoms with E-state index in [-0.39, 0.29) is 11.6 Å². The molecule has 0 aliphatic carbocycles. The van der Waals surface area contributed by atoms with Crippen LogP contribution in [0.3, 0.4) is 0 Å². The van der Waals surface area contributed by atoms with Gasteiger partial charge < -0.3 is 30.8 Å². The van der Waals surface area contributed by atoms with Gasteiger partial charge in [-0.05, 0) is 55.5 Å². The smallest absolute Gasteiger partial charge is 0.335 e. The highest BCUT2D eigenvalue weighted by molar-refractivity contribution is 5.95. The molecule has 0 spiro atoms. The lowest BCUT2D eigenvalue weighted by molar-refractivity contribution is 0.0697. The van der Waals surface area contributed by atoms with Crippen molar-refractivity contribution in [3.8, 4) is 0 Å². The molecule has 0 saturated carbocycles. The summed E-state index contributed by atoms with van der Waals surface area (Å²) in [6.45, 7) is 2.44. The van der Waals surface area contributed by atoms with Gasteiger partial charge in [0, 0.05) is 61.7 Å². The van der Waals surface area contributed by atoms with Crippen molar-refractivity contribution in [1.29, 1.82) is 5.41 Å². The maximum Gasteiger partial charge on any atom is 0.335 e. The molecule has 1 aliphatic heterocycles. The van der Waals surface area contributed by atoms with Crippen LogP contribution in [0.1, 0.15) is 22.8 Å². The first-order valence-electron chi connectivity index (χ1n) is 10.4. The summed E-state index contributed by atoms with van der Waals surface area (Å²) in [6.07, 6.45) is 1.14. The second-order valence-electron chi connectivity index (χ2n) is 7.80. The van der Waals surface area contributed by atoms with Crippen LogP contribution in [0.15, 0.2) is 54.6 Å². The topological polar surface area (TPSA) is 103 Å². The third-order valence-electron chi connectivity index (χ3n) is 5.38. The summed E-state index contributed by atoms with van der Waals surface area (Å²) < 4.78 is 31.7. The average Bonchev–Trinajstić information content (AvgIpc) is 2.81. The number of halogens is 2. The Morgan fingerprint density at radius 3 is 2.24 bits per heavy atom. The molecule has 3 aromatic rings. The Kier molecular flexibility index (Phi) is 7.47. The highest BCUT2D eigenvalue weighted by Crippen LogP contribution is 2.45. The molecular weight excluding hydrogens is 442 g/mol. The molecule has 0 aromatic heterocycles. The van der Waals surface area contributed by atoms with Crippen LogP contribution in [-0.2, 0) is 4.74 Å². The fraction of sp³-hybridized carbons (Fsp3) is 0.200. The van der Waals surface area contributed by atoms with E-state index in [9.17, 15) is 13.6 Å². The Hall–Kier alpha value is -3.98. The number of nitrogens with one attached hydrogen (secondary N) is 1. The standard InChI is InChI=1S/C23H20F2N4O2.C2H6O/c1-13-12-28(16-4-2-14(3-5-16)23(30)31)21-10-20(27)15(11-26)8-22(21)29(13)17-6-7-18(24)19(25)9-17;1-3-2/h2-11,13,26H,12,27H2,1H3,(H,30,31);1-2H3. The van der Waals surface area contributed by atoms with Crippen molar-refractivity contribution in [3.05, 3.63) is 77.4 Å². The van der Waals surface area contributed by atoms with Crippen molar-refractivity contribution in [3.63, 3.8) is 0 Å². The van der Waals surface area contributed by atoms with Gasteiger partial charge in [-0.2, -0.15) is 0 Å². The molecule has 0 radical (unpaired) electrons. The molecule has 3 aromatic carbocycles. The summed E-state index contributed by atoms with van der Waals surface area (Å²) in [5.74, 6) is -2.88. The van der Waals surface area contributed by atoms with Crippen molar-refractivity contribution < 1.29 is 23.4 Å². The summed E-state index contributed by atoms with van der Waals surface area (Å²) >= 11 is 0. The SMILES string of the molecule is CC1CN(c2ccc(C(=O)O)cc2)c2cc(N)c(C=N)cc2N1c1ccc(F)c(F)c1.COC. The summed E-state index contributed by atoms with van der Waals surface area (Å²) in [4.78, 5) is 15.1. The molecule has 4 N–H and O–H groups in total. The maximum atomic E-state index is 14.0. The second kappa shape index (κ2) is 10.3. The van der Waals surface area contributed by atoms with E-state index in [0.717, 1.165) is 24.0 Å². The number of carbonyl (C=O) groups is 1. The number of hydrogen-bond acceptors (Lipinski definition) is 6. The van der Waals surface area contributed by atoms with Crippen LogP contribution in [0.5, 0.6) is 0 Å². The van der Waals surface area contributed by atoms with Gasteiger partial charge in [0.1, 0.15) is 0 Å². The van der Waals surface area contributed by atoms with Crippen molar-refractivity contribution >= 4 is 40.6 Å². The number of rotatable bonds is 4. The molecule has 1 atom stereocenters. The molecule has 1 aliphatic rings. The second-order valence-corrected chi connectivity index (χ2v) is 7.80. The van der Waals surface area contributed by atoms with E-state index in [2.05, 4.69) is 4.74 Å². The van der Waals surface area contributed by atoms with Crippen molar-refractivity contribution in [2.75, 3.05) is 36.3 Å². The maximum absolute atomic E-state index is 14.0. The minimum Gasteiger partial charge on any atom is -0.478 e. The lowest BCUT2D eigenvalue weighted by Gasteiger charge is -2.43. The van der Waals surface area contributed by atoms with Gasteiger partial charge in [0.05, 0.1) is 16.9 Å². The summed E-state index contributed by atoms with van der Waals surface area (Å²) in [6, 6.07) is 13.6. The lowest BCUT2D eigenvalue weighted by atomic mass is 10.0. The monoisotopic (exact) mass is 468 g/mol. The van der Waals surface area contributed by atoms with Crippen molar-refractivity contribution in [1.82, 2.24) is 0 Å². The first-order chi connectivity index (χ1) is 16.2. The number of carboxylic acids is 1. The average molecular weight is 469 g/mol. The predicted molar refractivity (Wildman–Crippen MR) is 130 cm³/mol. The number of nitrogens with two attached hydrogens (primary N) is 1. The third kappa shape index (κ3) is 4.84. The van der Waals surface area contributed by atoms with Crippen LogP contribution < -0.4 is 15.5 Å². The largest absolute Gasteiger partial charge is 0.478 e. The summed E-state index contributed by atoms with van der Waals surface area (Å²) in [5, 5.41) is 16.8. The number of methoxy groups -OCH3 is 1. The van der Waals surface area contributed by atoms with E-state index in [1.807, 2.05) is 16.7 Å². The van der Waals surface area contributed by atoms with Gasteiger partial charge in [-0.15, -0.1) is 0 Å². The molecular formula is C25H26F2N4O3. The molecule has 7 nitrogen and oxygen atoms in total.